The van der Waals surface area contributed by atoms with Crippen LogP contribution >= 0.6 is 0 Å². The molecule has 0 aromatic carbocycles. The van der Waals surface area contributed by atoms with Gasteiger partial charge in [0.15, 0.2) is 5.82 Å². The highest BCUT2D eigenvalue weighted by atomic mass is 32.2. The Hall–Kier alpha value is -3.58. The Morgan fingerprint density at radius 3 is 2.70 bits per heavy atom. The second-order valence-corrected chi connectivity index (χ2v) is 9.97. The molecule has 9 nitrogen and oxygen atoms in total. The summed E-state index contributed by atoms with van der Waals surface area (Å²) in [6.45, 7) is 1.40. The third-order valence-corrected chi connectivity index (χ3v) is 7.79. The molecule has 1 saturated carbocycles. The minimum atomic E-state index is -1.09. The lowest BCUT2D eigenvalue weighted by Gasteiger charge is -2.27. The number of aromatic amines is 1. The Labute approximate surface area is 193 Å². The number of nitrogens with one attached hydrogen (secondary N) is 2. The van der Waals surface area contributed by atoms with Gasteiger partial charge < -0.3 is 15.2 Å². The fourth-order valence-corrected chi connectivity index (χ4v) is 5.64. The number of anilines is 2. The highest BCUT2D eigenvalue weighted by Gasteiger charge is 2.48. The van der Waals surface area contributed by atoms with Crippen molar-refractivity contribution < 1.29 is 4.21 Å². The zero-order valence-corrected chi connectivity index (χ0v) is 18.7. The molecule has 5 heterocycles. The van der Waals surface area contributed by atoms with E-state index in [1.807, 2.05) is 6.20 Å². The van der Waals surface area contributed by atoms with Crippen molar-refractivity contribution in [3.63, 3.8) is 0 Å². The van der Waals surface area contributed by atoms with Crippen LogP contribution in [0.4, 0.5) is 11.8 Å². The first kappa shape index (κ1) is 20.1. The first-order valence-corrected chi connectivity index (χ1v) is 12.3. The maximum absolute atomic E-state index is 12.7. The number of terminal acetylenes is 1. The SMILES string of the molecule is C#Cc1cnc(C2=CCN(c3nc4c(c(NC5(c6ncc[nH]6)CC5)n3)S(=O)CC4)CC2)nc1. The van der Waals surface area contributed by atoms with Gasteiger partial charge in [0.1, 0.15) is 16.5 Å². The van der Waals surface area contributed by atoms with Crippen LogP contribution in [0, 0.1) is 12.3 Å². The van der Waals surface area contributed by atoms with E-state index in [1.165, 1.54) is 0 Å². The second kappa shape index (κ2) is 7.78. The minimum absolute atomic E-state index is 0.271. The summed E-state index contributed by atoms with van der Waals surface area (Å²) in [5.74, 6) is 6.05. The monoisotopic (exact) mass is 458 g/mol. The van der Waals surface area contributed by atoms with Gasteiger partial charge in [-0.15, -0.1) is 6.42 Å². The van der Waals surface area contributed by atoms with Crippen molar-refractivity contribution in [3.05, 3.63) is 53.8 Å². The van der Waals surface area contributed by atoms with Crippen molar-refractivity contribution >= 4 is 28.1 Å². The Kier molecular flexibility index (Phi) is 4.73. The first-order chi connectivity index (χ1) is 16.1. The molecule has 10 heteroatoms. The molecule has 3 aliphatic rings. The molecule has 6 rings (SSSR count). The van der Waals surface area contributed by atoms with Crippen molar-refractivity contribution in [1.29, 1.82) is 0 Å². The summed E-state index contributed by atoms with van der Waals surface area (Å²) in [7, 11) is -1.09. The van der Waals surface area contributed by atoms with Crippen LogP contribution in [-0.4, -0.2) is 53.0 Å². The number of aryl methyl sites for hydroxylation is 1. The van der Waals surface area contributed by atoms with E-state index in [2.05, 4.69) is 42.1 Å². The van der Waals surface area contributed by atoms with E-state index >= 15 is 0 Å². The maximum Gasteiger partial charge on any atom is 0.227 e. The van der Waals surface area contributed by atoms with Crippen molar-refractivity contribution in [1.82, 2.24) is 29.9 Å². The predicted octanol–water partition coefficient (Wildman–Crippen LogP) is 2.03. The van der Waals surface area contributed by atoms with Crippen molar-refractivity contribution in [2.75, 3.05) is 29.1 Å². The van der Waals surface area contributed by atoms with E-state index in [9.17, 15) is 4.21 Å². The number of hydrogen-bond acceptors (Lipinski definition) is 8. The Balaban J connectivity index is 1.28. The molecule has 2 aliphatic heterocycles. The topological polar surface area (TPSA) is 113 Å². The summed E-state index contributed by atoms with van der Waals surface area (Å²) in [4.78, 5) is 29.0. The normalized spacial score (nSPS) is 20.6. The van der Waals surface area contributed by atoms with E-state index in [-0.39, 0.29) is 5.54 Å². The van der Waals surface area contributed by atoms with Gasteiger partial charge in [-0.1, -0.05) is 12.0 Å². The van der Waals surface area contributed by atoms with Gasteiger partial charge in [0, 0.05) is 50.1 Å². The van der Waals surface area contributed by atoms with Gasteiger partial charge in [-0.05, 0) is 24.8 Å². The Morgan fingerprint density at radius 2 is 2.03 bits per heavy atom. The summed E-state index contributed by atoms with van der Waals surface area (Å²) in [5.41, 5.74) is 2.36. The largest absolute Gasteiger partial charge is 0.356 e. The second-order valence-electron chi connectivity index (χ2n) is 8.46. The van der Waals surface area contributed by atoms with Gasteiger partial charge in [0.2, 0.25) is 5.95 Å². The molecule has 0 amide bonds. The zero-order valence-electron chi connectivity index (χ0n) is 17.9. The molecule has 33 heavy (non-hydrogen) atoms. The smallest absolute Gasteiger partial charge is 0.227 e. The molecule has 2 N–H and O–H groups in total. The van der Waals surface area contributed by atoms with Crippen LogP contribution < -0.4 is 10.2 Å². The molecule has 166 valence electrons. The molecule has 1 atom stereocenters. The summed E-state index contributed by atoms with van der Waals surface area (Å²) in [6, 6.07) is 0. The zero-order chi connectivity index (χ0) is 22.4. The number of H-pyrrole nitrogens is 1. The lowest BCUT2D eigenvalue weighted by molar-refractivity contribution is 0.684. The van der Waals surface area contributed by atoms with Crippen molar-refractivity contribution in [2.24, 2.45) is 0 Å². The summed E-state index contributed by atoms with van der Waals surface area (Å²) < 4.78 is 12.7. The molecule has 0 radical (unpaired) electrons. The maximum atomic E-state index is 12.7. The van der Waals surface area contributed by atoms with Crippen LogP contribution in [-0.2, 0) is 22.8 Å². The number of imidazole rings is 1. The number of hydrogen-bond donors (Lipinski definition) is 2. The van der Waals surface area contributed by atoms with Gasteiger partial charge in [-0.2, -0.15) is 4.98 Å². The van der Waals surface area contributed by atoms with Gasteiger partial charge >= 0.3 is 0 Å². The van der Waals surface area contributed by atoms with Crippen LogP contribution in [0.1, 0.15) is 42.2 Å². The van der Waals surface area contributed by atoms with Gasteiger partial charge in [0.05, 0.1) is 27.6 Å². The molecule has 1 fully saturated rings. The number of fused-ring (bicyclic) bond motifs is 1. The van der Waals surface area contributed by atoms with E-state index in [1.54, 1.807) is 18.6 Å². The Morgan fingerprint density at radius 1 is 1.18 bits per heavy atom. The van der Waals surface area contributed by atoms with Crippen molar-refractivity contribution in [3.8, 4) is 12.3 Å². The lowest BCUT2D eigenvalue weighted by atomic mass is 10.1. The number of aromatic nitrogens is 6. The first-order valence-electron chi connectivity index (χ1n) is 11.0. The van der Waals surface area contributed by atoms with E-state index in [0.717, 1.165) is 47.8 Å². The third-order valence-electron chi connectivity index (χ3n) is 6.33. The van der Waals surface area contributed by atoms with Gasteiger partial charge in [-0.3, -0.25) is 4.21 Å². The average Bonchev–Trinajstić information content (AvgIpc) is 3.24. The van der Waals surface area contributed by atoms with E-state index in [0.29, 0.717) is 41.9 Å². The third kappa shape index (κ3) is 3.58. The molecule has 3 aromatic rings. The van der Waals surface area contributed by atoms with E-state index < -0.39 is 10.8 Å². The van der Waals surface area contributed by atoms with Gasteiger partial charge in [-0.25, -0.2) is 19.9 Å². The highest BCUT2D eigenvalue weighted by molar-refractivity contribution is 7.85. The van der Waals surface area contributed by atoms with Crippen LogP contribution in [0.3, 0.4) is 0 Å². The molecular weight excluding hydrogens is 436 g/mol. The highest BCUT2D eigenvalue weighted by Crippen LogP contribution is 2.48. The summed E-state index contributed by atoms with van der Waals surface area (Å²) >= 11 is 0. The molecule has 0 spiro atoms. The fourth-order valence-electron chi connectivity index (χ4n) is 4.33. The summed E-state index contributed by atoms with van der Waals surface area (Å²) in [6.07, 6.45) is 17.8. The molecule has 0 bridgehead atoms. The minimum Gasteiger partial charge on any atom is -0.356 e. The van der Waals surface area contributed by atoms with Crippen LogP contribution in [0.2, 0.25) is 0 Å². The van der Waals surface area contributed by atoms with E-state index in [4.69, 9.17) is 16.4 Å². The van der Waals surface area contributed by atoms with Crippen LogP contribution in [0.25, 0.3) is 5.57 Å². The molecular formula is C23H22N8OS. The van der Waals surface area contributed by atoms with Crippen LogP contribution in [0.15, 0.2) is 35.8 Å². The van der Waals surface area contributed by atoms with Crippen molar-refractivity contribution in [2.45, 2.75) is 36.1 Å². The number of nitrogens with zero attached hydrogens (tertiary/aromatic N) is 6. The molecule has 0 saturated heterocycles. The molecule has 1 unspecified atom stereocenters. The van der Waals surface area contributed by atoms with Gasteiger partial charge in [0.25, 0.3) is 0 Å². The summed E-state index contributed by atoms with van der Waals surface area (Å²) in [5, 5.41) is 3.57. The van der Waals surface area contributed by atoms with Crippen LogP contribution in [0.5, 0.6) is 0 Å². The predicted molar refractivity (Wildman–Crippen MR) is 125 cm³/mol. The molecule has 3 aromatic heterocycles. The molecule has 1 aliphatic carbocycles. The lowest BCUT2D eigenvalue weighted by Crippen LogP contribution is -2.31. The quantitative estimate of drug-likeness (QED) is 0.559. The standard InChI is InChI=1S/C23H22N8OS/c1-2-15-13-26-19(27-14-15)16-3-10-31(11-4-16)22-28-17-5-12-33(32)18(17)20(29-22)30-23(6-7-23)21-24-8-9-25-21/h1,3,8-9,13-14H,4-7,10-12H2,(H,24,25)(H,28,29,30). The number of rotatable bonds is 5. The average molecular weight is 459 g/mol. The fraction of sp³-hybridized carbons (Fsp3) is 0.348. The Bertz CT molecular complexity index is 1310.